The SMILES string of the molecule is C/C(=N\S(=O)C(C)(C)C)c1cc(F)cc2c1OC(C)(CN1C(=O)c3ccccc3C1=O)C2. The number of imide groups is 1. The Morgan fingerprint density at radius 1 is 1.19 bits per heavy atom. The lowest BCUT2D eigenvalue weighted by Crippen LogP contribution is -2.46. The van der Waals surface area contributed by atoms with E-state index in [9.17, 15) is 18.2 Å². The zero-order valence-corrected chi connectivity index (χ0v) is 19.5. The van der Waals surface area contributed by atoms with E-state index in [2.05, 4.69) is 4.40 Å². The van der Waals surface area contributed by atoms with Gasteiger partial charge in [0.05, 0.1) is 28.1 Å². The molecule has 0 N–H and O–H groups in total. The van der Waals surface area contributed by atoms with Gasteiger partial charge in [-0.1, -0.05) is 12.1 Å². The summed E-state index contributed by atoms with van der Waals surface area (Å²) in [5, 5.41) is 0. The number of carbonyl (C=O) groups is 2. The number of ether oxygens (including phenoxy) is 1. The smallest absolute Gasteiger partial charge is 0.261 e. The van der Waals surface area contributed by atoms with E-state index in [1.807, 2.05) is 20.8 Å². The van der Waals surface area contributed by atoms with Crippen LogP contribution in [0.3, 0.4) is 0 Å². The number of benzene rings is 2. The zero-order chi connectivity index (χ0) is 23.4. The summed E-state index contributed by atoms with van der Waals surface area (Å²) in [6, 6.07) is 9.40. The van der Waals surface area contributed by atoms with Gasteiger partial charge in [0.2, 0.25) is 0 Å². The van der Waals surface area contributed by atoms with Crippen LogP contribution < -0.4 is 4.74 Å². The molecule has 4 rings (SSSR count). The van der Waals surface area contributed by atoms with Crippen LogP contribution in [-0.2, 0) is 17.4 Å². The van der Waals surface area contributed by atoms with Crippen LogP contribution in [0.2, 0.25) is 0 Å². The Labute approximate surface area is 189 Å². The Morgan fingerprint density at radius 3 is 2.34 bits per heavy atom. The van der Waals surface area contributed by atoms with Gasteiger partial charge in [-0.25, -0.2) is 8.60 Å². The minimum Gasteiger partial charge on any atom is -0.484 e. The molecule has 0 fully saturated rings. The Balaban J connectivity index is 1.64. The van der Waals surface area contributed by atoms with Crippen LogP contribution in [0.4, 0.5) is 4.39 Å². The standard InChI is InChI=1S/C24H25FN2O4S/c1-14(26-32(30)23(2,3)4)19-11-16(25)10-15-12-24(5,31-20(15)19)13-27-21(28)17-8-6-7-9-18(17)22(27)29/h6-11H,12-13H2,1-5H3/b26-14+. The maximum Gasteiger partial charge on any atom is 0.261 e. The number of halogens is 1. The molecule has 2 aromatic carbocycles. The second-order valence-corrected chi connectivity index (χ2v) is 11.4. The first-order valence-corrected chi connectivity index (χ1v) is 11.4. The molecule has 0 saturated heterocycles. The van der Waals surface area contributed by atoms with Crippen LogP contribution in [-0.4, -0.2) is 43.5 Å². The van der Waals surface area contributed by atoms with Crippen LogP contribution in [0.15, 0.2) is 40.8 Å². The minimum absolute atomic E-state index is 0.0270. The van der Waals surface area contributed by atoms with E-state index in [1.54, 1.807) is 38.1 Å². The fourth-order valence-corrected chi connectivity index (χ4v) is 4.59. The van der Waals surface area contributed by atoms with Gasteiger partial charge in [-0.15, -0.1) is 0 Å². The lowest BCUT2D eigenvalue weighted by atomic mass is 9.97. The van der Waals surface area contributed by atoms with E-state index in [-0.39, 0.29) is 18.4 Å². The first-order valence-electron chi connectivity index (χ1n) is 10.3. The van der Waals surface area contributed by atoms with Crippen molar-refractivity contribution in [1.82, 2.24) is 4.90 Å². The number of fused-ring (bicyclic) bond motifs is 2. The van der Waals surface area contributed by atoms with E-state index in [0.29, 0.717) is 40.1 Å². The third kappa shape index (κ3) is 3.88. The van der Waals surface area contributed by atoms with E-state index >= 15 is 0 Å². The molecular weight excluding hydrogens is 431 g/mol. The predicted molar refractivity (Wildman–Crippen MR) is 121 cm³/mol. The van der Waals surface area contributed by atoms with E-state index in [4.69, 9.17) is 4.74 Å². The first-order chi connectivity index (χ1) is 14.9. The van der Waals surface area contributed by atoms with Gasteiger partial charge >= 0.3 is 0 Å². The molecule has 8 heteroatoms. The average molecular weight is 457 g/mol. The molecule has 0 radical (unpaired) electrons. The molecule has 0 aromatic heterocycles. The molecule has 2 heterocycles. The summed E-state index contributed by atoms with van der Waals surface area (Å²) >= 11 is 0. The number of rotatable bonds is 4. The molecule has 0 aliphatic carbocycles. The fraction of sp³-hybridized carbons (Fsp3) is 0.375. The fourth-order valence-electron chi connectivity index (χ4n) is 3.97. The lowest BCUT2D eigenvalue weighted by Gasteiger charge is -2.28. The van der Waals surface area contributed by atoms with Gasteiger partial charge in [0, 0.05) is 17.5 Å². The number of hydrogen-bond donors (Lipinski definition) is 0. The molecule has 168 valence electrons. The van der Waals surface area contributed by atoms with E-state index in [0.717, 1.165) is 0 Å². The van der Waals surface area contributed by atoms with Gasteiger partial charge in [-0.05, 0) is 58.9 Å². The molecule has 0 bridgehead atoms. The van der Waals surface area contributed by atoms with Crippen molar-refractivity contribution in [1.29, 1.82) is 0 Å². The van der Waals surface area contributed by atoms with Gasteiger partial charge < -0.3 is 4.74 Å². The molecule has 2 atom stereocenters. The average Bonchev–Trinajstić information content (AvgIpc) is 3.16. The highest BCUT2D eigenvalue weighted by Crippen LogP contribution is 2.40. The molecular formula is C24H25FN2O4S. The summed E-state index contributed by atoms with van der Waals surface area (Å²) in [7, 11) is -1.51. The molecule has 2 aromatic rings. The van der Waals surface area contributed by atoms with Gasteiger partial charge in [0.1, 0.15) is 28.2 Å². The second-order valence-electron chi connectivity index (χ2n) is 9.45. The van der Waals surface area contributed by atoms with Crippen molar-refractivity contribution in [3.63, 3.8) is 0 Å². The molecule has 2 aliphatic rings. The molecule has 2 unspecified atom stereocenters. The molecule has 32 heavy (non-hydrogen) atoms. The quantitative estimate of drug-likeness (QED) is 0.513. The summed E-state index contributed by atoms with van der Waals surface area (Å²) in [5.41, 5.74) is 1.26. The third-order valence-corrected chi connectivity index (χ3v) is 7.04. The Morgan fingerprint density at radius 2 is 1.78 bits per heavy atom. The normalized spacial score (nSPS) is 21.4. The number of amides is 2. The Bertz CT molecular complexity index is 1170. The molecule has 0 saturated carbocycles. The number of hydrogen-bond acceptors (Lipinski definition) is 4. The van der Waals surface area contributed by atoms with Crippen molar-refractivity contribution in [3.05, 3.63) is 64.5 Å². The van der Waals surface area contributed by atoms with Crippen molar-refractivity contribution in [2.75, 3.05) is 6.54 Å². The summed E-state index contributed by atoms with van der Waals surface area (Å²) in [5.74, 6) is -0.742. The highest BCUT2D eigenvalue weighted by Gasteiger charge is 2.44. The molecule has 2 amide bonds. The maximum absolute atomic E-state index is 14.4. The van der Waals surface area contributed by atoms with Crippen LogP contribution >= 0.6 is 0 Å². The van der Waals surface area contributed by atoms with Crippen molar-refractivity contribution in [2.24, 2.45) is 4.40 Å². The van der Waals surface area contributed by atoms with Crippen molar-refractivity contribution in [2.45, 2.75) is 51.4 Å². The van der Waals surface area contributed by atoms with E-state index in [1.165, 1.54) is 17.0 Å². The predicted octanol–water partition coefficient (Wildman–Crippen LogP) is 4.09. The highest BCUT2D eigenvalue weighted by molar-refractivity contribution is 7.85. The molecule has 2 aliphatic heterocycles. The summed E-state index contributed by atoms with van der Waals surface area (Å²) in [6.07, 6.45) is 0.316. The second kappa shape index (κ2) is 7.62. The van der Waals surface area contributed by atoms with Gasteiger partial charge in [0.15, 0.2) is 0 Å². The molecule has 0 spiro atoms. The largest absolute Gasteiger partial charge is 0.484 e. The van der Waals surface area contributed by atoms with Crippen molar-refractivity contribution >= 4 is 28.5 Å². The topological polar surface area (TPSA) is 76.0 Å². The van der Waals surface area contributed by atoms with Crippen LogP contribution in [0.1, 0.15) is 66.5 Å². The lowest BCUT2D eigenvalue weighted by molar-refractivity contribution is 0.0419. The number of carbonyl (C=O) groups excluding carboxylic acids is 2. The zero-order valence-electron chi connectivity index (χ0n) is 18.7. The summed E-state index contributed by atoms with van der Waals surface area (Å²) in [6.45, 7) is 8.92. The molecule has 6 nitrogen and oxygen atoms in total. The van der Waals surface area contributed by atoms with Crippen molar-refractivity contribution < 1.29 is 22.9 Å². The van der Waals surface area contributed by atoms with Crippen LogP contribution in [0.25, 0.3) is 0 Å². The highest BCUT2D eigenvalue weighted by atomic mass is 32.2. The van der Waals surface area contributed by atoms with Gasteiger partial charge in [0.25, 0.3) is 11.8 Å². The monoisotopic (exact) mass is 456 g/mol. The minimum atomic E-state index is -1.51. The summed E-state index contributed by atoms with van der Waals surface area (Å²) < 4.78 is 36.8. The van der Waals surface area contributed by atoms with Gasteiger partial charge in [-0.2, -0.15) is 4.40 Å². The van der Waals surface area contributed by atoms with E-state index < -0.39 is 27.2 Å². The third-order valence-electron chi connectivity index (χ3n) is 5.55. The van der Waals surface area contributed by atoms with Crippen LogP contribution in [0.5, 0.6) is 5.75 Å². The van der Waals surface area contributed by atoms with Crippen molar-refractivity contribution in [3.8, 4) is 5.75 Å². The Kier molecular flexibility index (Phi) is 5.32. The van der Waals surface area contributed by atoms with Gasteiger partial charge in [-0.3, -0.25) is 14.5 Å². The Hall–Kier alpha value is -2.87. The first kappa shape index (κ1) is 22.3. The summed E-state index contributed by atoms with van der Waals surface area (Å²) in [4.78, 5) is 26.8. The van der Waals surface area contributed by atoms with Crippen LogP contribution in [0, 0.1) is 5.82 Å². The number of nitrogens with zero attached hydrogens (tertiary/aromatic N) is 2. The maximum atomic E-state index is 14.4.